The molecule has 2 aromatic rings. The third-order valence-electron chi connectivity index (χ3n) is 3.07. The maximum absolute atomic E-state index is 6.08. The summed E-state index contributed by atoms with van der Waals surface area (Å²) in [6.45, 7) is 0. The molecule has 0 aliphatic heterocycles. The van der Waals surface area contributed by atoms with E-state index < -0.39 is 0 Å². The summed E-state index contributed by atoms with van der Waals surface area (Å²) in [5.74, 6) is 1.04. The van der Waals surface area contributed by atoms with Gasteiger partial charge in [-0.05, 0) is 54.2 Å². The fraction of sp³-hybridized carbons (Fsp3) is 0.250. The van der Waals surface area contributed by atoms with Crippen LogP contribution in [0.25, 0.3) is 0 Å². The fourth-order valence-corrected chi connectivity index (χ4v) is 2.69. The Bertz CT molecular complexity index is 520. The molecule has 0 aromatic heterocycles. The van der Waals surface area contributed by atoms with E-state index in [0.717, 1.165) is 22.9 Å². The van der Waals surface area contributed by atoms with Gasteiger partial charge in [-0.25, -0.2) is 0 Å². The molecule has 0 radical (unpaired) electrons. The molecular formula is C16H15Cl3. The lowest BCUT2D eigenvalue weighted by atomic mass is 9.94. The third kappa shape index (κ3) is 4.72. The molecule has 0 aliphatic rings. The van der Waals surface area contributed by atoms with Gasteiger partial charge in [0.15, 0.2) is 0 Å². The van der Waals surface area contributed by atoms with Crippen LogP contribution < -0.4 is 0 Å². The molecule has 0 amide bonds. The maximum Gasteiger partial charge on any atom is 0.0408 e. The Morgan fingerprint density at radius 3 is 2.11 bits per heavy atom. The first kappa shape index (κ1) is 14.7. The van der Waals surface area contributed by atoms with E-state index >= 15 is 0 Å². The van der Waals surface area contributed by atoms with Gasteiger partial charge in [0.05, 0.1) is 0 Å². The molecule has 0 fully saturated rings. The Kier molecular flexibility index (Phi) is 5.57. The highest BCUT2D eigenvalue weighted by Crippen LogP contribution is 2.20. The lowest BCUT2D eigenvalue weighted by molar-refractivity contribution is 0.584. The average Bonchev–Trinajstić information content (AvgIpc) is 2.40. The van der Waals surface area contributed by atoms with E-state index in [0.29, 0.717) is 11.8 Å². The highest BCUT2D eigenvalue weighted by molar-refractivity contribution is 6.30. The SMILES string of the molecule is ClCC(Cc1ccc(Cl)cc1)Cc1cccc(Cl)c1. The molecule has 1 unspecified atom stereocenters. The molecule has 0 saturated heterocycles. The summed E-state index contributed by atoms with van der Waals surface area (Å²) in [6.07, 6.45) is 1.89. The number of alkyl halides is 1. The van der Waals surface area contributed by atoms with Gasteiger partial charge >= 0.3 is 0 Å². The van der Waals surface area contributed by atoms with Crippen LogP contribution in [0.1, 0.15) is 11.1 Å². The molecule has 3 heteroatoms. The Hall–Kier alpha value is -0.690. The zero-order valence-electron chi connectivity index (χ0n) is 10.5. The van der Waals surface area contributed by atoms with Crippen molar-refractivity contribution >= 4 is 34.8 Å². The van der Waals surface area contributed by atoms with Gasteiger partial charge in [-0.1, -0.05) is 47.5 Å². The number of hydrogen-bond acceptors (Lipinski definition) is 0. The molecule has 100 valence electrons. The second-order valence-corrected chi connectivity index (χ2v) is 5.87. The van der Waals surface area contributed by atoms with Crippen molar-refractivity contribution in [3.05, 3.63) is 69.7 Å². The van der Waals surface area contributed by atoms with Crippen LogP contribution in [0.2, 0.25) is 10.0 Å². The highest BCUT2D eigenvalue weighted by Gasteiger charge is 2.10. The number of rotatable bonds is 5. The molecule has 1 atom stereocenters. The summed E-state index contributed by atoms with van der Waals surface area (Å²) in [7, 11) is 0. The van der Waals surface area contributed by atoms with Crippen molar-refractivity contribution < 1.29 is 0 Å². The molecule has 2 rings (SSSR count). The van der Waals surface area contributed by atoms with Crippen molar-refractivity contribution in [1.82, 2.24) is 0 Å². The van der Waals surface area contributed by atoms with E-state index in [-0.39, 0.29) is 0 Å². The Morgan fingerprint density at radius 1 is 0.789 bits per heavy atom. The normalized spacial score (nSPS) is 12.4. The first-order chi connectivity index (χ1) is 9.17. The van der Waals surface area contributed by atoms with Crippen molar-refractivity contribution in [3.63, 3.8) is 0 Å². The van der Waals surface area contributed by atoms with Crippen LogP contribution in [-0.2, 0) is 12.8 Å². The van der Waals surface area contributed by atoms with Gasteiger partial charge in [-0.2, -0.15) is 0 Å². The maximum atomic E-state index is 6.08. The van der Waals surface area contributed by atoms with Crippen LogP contribution in [0.15, 0.2) is 48.5 Å². The second kappa shape index (κ2) is 7.19. The van der Waals surface area contributed by atoms with E-state index in [4.69, 9.17) is 34.8 Å². The van der Waals surface area contributed by atoms with Crippen LogP contribution in [0, 0.1) is 5.92 Å². The van der Waals surface area contributed by atoms with Gasteiger partial charge in [-0.15, -0.1) is 11.6 Å². The van der Waals surface area contributed by atoms with Crippen LogP contribution >= 0.6 is 34.8 Å². The van der Waals surface area contributed by atoms with E-state index in [2.05, 4.69) is 18.2 Å². The lowest BCUT2D eigenvalue weighted by Gasteiger charge is -2.14. The zero-order chi connectivity index (χ0) is 13.7. The summed E-state index contributed by atoms with van der Waals surface area (Å²) in [6, 6.07) is 15.9. The van der Waals surface area contributed by atoms with Crippen molar-refractivity contribution in [3.8, 4) is 0 Å². The molecule has 0 aliphatic carbocycles. The van der Waals surface area contributed by atoms with Gasteiger partial charge in [-0.3, -0.25) is 0 Å². The first-order valence-electron chi connectivity index (χ1n) is 6.22. The summed E-state index contributed by atoms with van der Waals surface area (Å²) in [5, 5.41) is 1.54. The van der Waals surface area contributed by atoms with E-state index in [1.54, 1.807) is 0 Å². The monoisotopic (exact) mass is 312 g/mol. The van der Waals surface area contributed by atoms with Gasteiger partial charge in [0.2, 0.25) is 0 Å². The van der Waals surface area contributed by atoms with Crippen LogP contribution in [-0.4, -0.2) is 5.88 Å². The molecule has 19 heavy (non-hydrogen) atoms. The van der Waals surface area contributed by atoms with Crippen molar-refractivity contribution in [1.29, 1.82) is 0 Å². The van der Waals surface area contributed by atoms with Crippen molar-refractivity contribution in [2.24, 2.45) is 5.92 Å². The Balaban J connectivity index is 2.02. The lowest BCUT2D eigenvalue weighted by Crippen LogP contribution is -2.10. The summed E-state index contributed by atoms with van der Waals surface area (Å²) < 4.78 is 0. The quantitative estimate of drug-likeness (QED) is 0.627. The molecule has 0 heterocycles. The number of hydrogen-bond donors (Lipinski definition) is 0. The largest absolute Gasteiger partial charge is 0.126 e. The topological polar surface area (TPSA) is 0 Å². The second-order valence-electron chi connectivity index (χ2n) is 4.68. The number of halogens is 3. The molecular weight excluding hydrogens is 299 g/mol. The molecule has 0 saturated carbocycles. The van der Waals surface area contributed by atoms with Crippen molar-refractivity contribution in [2.45, 2.75) is 12.8 Å². The predicted octanol–water partition coefficient (Wildman–Crippen LogP) is 5.63. The molecule has 0 nitrogen and oxygen atoms in total. The minimum Gasteiger partial charge on any atom is -0.126 e. The van der Waals surface area contributed by atoms with Crippen LogP contribution in [0.5, 0.6) is 0 Å². The predicted molar refractivity (Wildman–Crippen MR) is 84.5 cm³/mol. The van der Waals surface area contributed by atoms with Crippen molar-refractivity contribution in [2.75, 3.05) is 5.88 Å². The summed E-state index contributed by atoms with van der Waals surface area (Å²) in [4.78, 5) is 0. The Labute approximate surface area is 129 Å². The van der Waals surface area contributed by atoms with Crippen LogP contribution in [0.4, 0.5) is 0 Å². The fourth-order valence-electron chi connectivity index (χ4n) is 2.13. The Morgan fingerprint density at radius 2 is 1.47 bits per heavy atom. The smallest absolute Gasteiger partial charge is 0.0408 e. The first-order valence-corrected chi connectivity index (χ1v) is 7.51. The highest BCUT2D eigenvalue weighted by atomic mass is 35.5. The summed E-state index contributed by atoms with van der Waals surface area (Å²) >= 11 is 18.0. The van der Waals surface area contributed by atoms with Gasteiger partial charge in [0.25, 0.3) is 0 Å². The molecule has 0 spiro atoms. The van der Waals surface area contributed by atoms with E-state index in [1.165, 1.54) is 11.1 Å². The van der Waals surface area contributed by atoms with Gasteiger partial charge in [0, 0.05) is 15.9 Å². The number of benzene rings is 2. The third-order valence-corrected chi connectivity index (χ3v) is 3.99. The van der Waals surface area contributed by atoms with Crippen LogP contribution in [0.3, 0.4) is 0 Å². The molecule has 2 aromatic carbocycles. The minimum absolute atomic E-state index is 0.404. The van der Waals surface area contributed by atoms with E-state index in [1.807, 2.05) is 30.3 Å². The molecule has 0 N–H and O–H groups in total. The standard InChI is InChI=1S/C16H15Cl3/c17-11-14(8-12-4-6-15(18)7-5-12)9-13-2-1-3-16(19)10-13/h1-7,10,14H,8-9,11H2. The van der Waals surface area contributed by atoms with Gasteiger partial charge < -0.3 is 0 Å². The molecule has 0 bridgehead atoms. The van der Waals surface area contributed by atoms with Gasteiger partial charge in [0.1, 0.15) is 0 Å². The van der Waals surface area contributed by atoms with E-state index in [9.17, 15) is 0 Å². The average molecular weight is 314 g/mol. The summed E-state index contributed by atoms with van der Waals surface area (Å²) in [5.41, 5.74) is 2.49. The zero-order valence-corrected chi connectivity index (χ0v) is 12.7. The minimum atomic E-state index is 0.404.